The van der Waals surface area contributed by atoms with Crippen LogP contribution >= 0.6 is 0 Å². The average Bonchev–Trinajstić information content (AvgIpc) is 2.57. The molecule has 1 saturated carbocycles. The molecular formula is C20H30N2. The van der Waals surface area contributed by atoms with Crippen LogP contribution in [0.4, 0.5) is 0 Å². The molecule has 0 heterocycles. The monoisotopic (exact) mass is 298 g/mol. The Balaban J connectivity index is 2.10. The Bertz CT molecular complexity index is 468. The molecule has 0 aliphatic heterocycles. The highest BCUT2D eigenvalue weighted by atomic mass is 15.0. The highest BCUT2D eigenvalue weighted by Gasteiger charge is 2.32. The van der Waals surface area contributed by atoms with E-state index in [0.717, 1.165) is 25.3 Å². The van der Waals surface area contributed by atoms with Gasteiger partial charge in [0.15, 0.2) is 0 Å². The first kappa shape index (κ1) is 17.0. The molecule has 0 saturated heterocycles. The SMILES string of the molecule is CN(C)CC[C@](C#N)(CCC1CCCCC1)c1ccccc1. The van der Waals surface area contributed by atoms with Gasteiger partial charge < -0.3 is 4.90 Å². The van der Waals surface area contributed by atoms with E-state index < -0.39 is 0 Å². The minimum Gasteiger partial charge on any atom is -0.309 e. The maximum Gasteiger partial charge on any atom is 0.0834 e. The second kappa shape index (κ2) is 8.34. The first-order valence-corrected chi connectivity index (χ1v) is 8.78. The molecule has 1 aliphatic carbocycles. The van der Waals surface area contributed by atoms with Crippen LogP contribution in [0.1, 0.15) is 56.9 Å². The van der Waals surface area contributed by atoms with Gasteiger partial charge in [0.2, 0.25) is 0 Å². The lowest BCUT2D eigenvalue weighted by molar-refractivity contribution is 0.287. The molecule has 1 fully saturated rings. The van der Waals surface area contributed by atoms with Gasteiger partial charge in [0, 0.05) is 0 Å². The molecule has 0 radical (unpaired) electrons. The van der Waals surface area contributed by atoms with E-state index in [4.69, 9.17) is 0 Å². The summed E-state index contributed by atoms with van der Waals surface area (Å²) in [5, 5.41) is 10.0. The Morgan fingerprint density at radius 3 is 2.36 bits per heavy atom. The first-order chi connectivity index (χ1) is 10.7. The fourth-order valence-corrected chi connectivity index (χ4v) is 3.69. The van der Waals surface area contributed by atoms with E-state index in [9.17, 15) is 5.26 Å². The number of nitriles is 1. The van der Waals surface area contributed by atoms with Crippen LogP contribution in [0, 0.1) is 17.2 Å². The normalized spacial score (nSPS) is 18.8. The Morgan fingerprint density at radius 2 is 1.77 bits per heavy atom. The number of rotatable bonds is 7. The third-order valence-corrected chi connectivity index (χ3v) is 5.23. The molecule has 120 valence electrons. The topological polar surface area (TPSA) is 27.0 Å². The largest absolute Gasteiger partial charge is 0.309 e. The summed E-state index contributed by atoms with van der Waals surface area (Å²) in [5.41, 5.74) is 0.887. The van der Waals surface area contributed by atoms with E-state index in [-0.39, 0.29) is 5.41 Å². The number of nitrogens with zero attached hydrogens (tertiary/aromatic N) is 2. The van der Waals surface area contributed by atoms with Gasteiger partial charge in [-0.25, -0.2) is 0 Å². The second-order valence-electron chi connectivity index (χ2n) is 7.16. The summed E-state index contributed by atoms with van der Waals surface area (Å²) >= 11 is 0. The molecule has 2 heteroatoms. The van der Waals surface area contributed by atoms with Gasteiger partial charge in [-0.1, -0.05) is 62.4 Å². The Morgan fingerprint density at radius 1 is 1.09 bits per heavy atom. The molecule has 0 amide bonds. The highest BCUT2D eigenvalue weighted by molar-refractivity contribution is 5.32. The zero-order chi connectivity index (χ0) is 15.8. The van der Waals surface area contributed by atoms with E-state index in [1.54, 1.807) is 0 Å². The minimum absolute atomic E-state index is 0.316. The van der Waals surface area contributed by atoms with Crippen LogP contribution in [0.2, 0.25) is 0 Å². The van der Waals surface area contributed by atoms with Crippen molar-refractivity contribution in [2.75, 3.05) is 20.6 Å². The Hall–Kier alpha value is -1.33. The summed E-state index contributed by atoms with van der Waals surface area (Å²) in [6.45, 7) is 0.965. The van der Waals surface area contributed by atoms with Crippen LogP contribution < -0.4 is 0 Å². The summed E-state index contributed by atoms with van der Waals surface area (Å²) in [4.78, 5) is 2.19. The molecule has 1 aromatic carbocycles. The first-order valence-electron chi connectivity index (χ1n) is 8.78. The summed E-state index contributed by atoms with van der Waals surface area (Å²) in [6.07, 6.45) is 10.0. The zero-order valence-electron chi connectivity index (χ0n) is 14.2. The van der Waals surface area contributed by atoms with Crippen molar-refractivity contribution in [3.05, 3.63) is 35.9 Å². The summed E-state index contributed by atoms with van der Waals surface area (Å²) in [6, 6.07) is 13.2. The lowest BCUT2D eigenvalue weighted by Crippen LogP contribution is -2.30. The van der Waals surface area contributed by atoms with Gasteiger partial charge in [0.1, 0.15) is 0 Å². The third kappa shape index (κ3) is 4.58. The van der Waals surface area contributed by atoms with E-state index >= 15 is 0 Å². The van der Waals surface area contributed by atoms with Crippen LogP contribution in [0.5, 0.6) is 0 Å². The highest BCUT2D eigenvalue weighted by Crippen LogP contribution is 2.37. The predicted molar refractivity (Wildman–Crippen MR) is 92.7 cm³/mol. The summed E-state index contributed by atoms with van der Waals surface area (Å²) < 4.78 is 0. The van der Waals surface area contributed by atoms with Crippen molar-refractivity contribution in [3.63, 3.8) is 0 Å². The maximum absolute atomic E-state index is 10.0. The van der Waals surface area contributed by atoms with Crippen LogP contribution in [0.15, 0.2) is 30.3 Å². The van der Waals surface area contributed by atoms with Crippen LogP contribution in [-0.4, -0.2) is 25.5 Å². The predicted octanol–water partition coefficient (Wildman–Crippen LogP) is 4.76. The average molecular weight is 298 g/mol. The molecule has 0 unspecified atom stereocenters. The third-order valence-electron chi connectivity index (χ3n) is 5.23. The van der Waals surface area contributed by atoms with Crippen molar-refractivity contribution in [1.29, 1.82) is 5.26 Å². The zero-order valence-corrected chi connectivity index (χ0v) is 14.2. The molecular weight excluding hydrogens is 268 g/mol. The lowest BCUT2D eigenvalue weighted by atomic mass is 9.72. The molecule has 1 aromatic rings. The fraction of sp³-hybridized carbons (Fsp3) is 0.650. The molecule has 1 aliphatic rings. The van der Waals surface area contributed by atoms with Gasteiger partial charge in [0.25, 0.3) is 0 Å². The Labute approximate surface area is 136 Å². The standard InChI is InChI=1S/C20H30N2/c1-22(2)16-15-20(17-21,19-11-7-4-8-12-19)14-13-18-9-5-3-6-10-18/h4,7-8,11-12,18H,3,5-6,9-10,13-16H2,1-2H3/t20-/m0/s1. The molecule has 0 N–H and O–H groups in total. The van der Waals surface area contributed by atoms with Gasteiger partial charge >= 0.3 is 0 Å². The molecule has 0 bridgehead atoms. The number of benzene rings is 1. The fourth-order valence-electron chi connectivity index (χ4n) is 3.69. The maximum atomic E-state index is 10.0. The number of hydrogen-bond acceptors (Lipinski definition) is 2. The van der Waals surface area contributed by atoms with Gasteiger partial charge in [-0.3, -0.25) is 0 Å². The minimum atomic E-state index is -0.316. The summed E-state index contributed by atoms with van der Waals surface area (Å²) in [7, 11) is 4.18. The van der Waals surface area contributed by atoms with Gasteiger partial charge in [-0.2, -0.15) is 5.26 Å². The Kier molecular flexibility index (Phi) is 6.46. The van der Waals surface area contributed by atoms with E-state index in [0.29, 0.717) is 0 Å². The van der Waals surface area contributed by atoms with Crippen molar-refractivity contribution in [3.8, 4) is 6.07 Å². The van der Waals surface area contributed by atoms with Crippen molar-refractivity contribution >= 4 is 0 Å². The van der Waals surface area contributed by atoms with E-state index in [1.807, 2.05) is 6.07 Å². The lowest BCUT2D eigenvalue weighted by Gasteiger charge is -2.31. The quantitative estimate of drug-likeness (QED) is 0.725. The summed E-state index contributed by atoms with van der Waals surface area (Å²) in [5.74, 6) is 0.838. The van der Waals surface area contributed by atoms with Crippen molar-refractivity contribution in [1.82, 2.24) is 4.90 Å². The van der Waals surface area contributed by atoms with Crippen LogP contribution in [0.25, 0.3) is 0 Å². The van der Waals surface area contributed by atoms with E-state index in [2.05, 4.69) is 49.3 Å². The molecule has 2 nitrogen and oxygen atoms in total. The van der Waals surface area contributed by atoms with Crippen molar-refractivity contribution in [2.45, 2.75) is 56.8 Å². The smallest absolute Gasteiger partial charge is 0.0834 e. The van der Waals surface area contributed by atoms with Crippen LogP contribution in [-0.2, 0) is 5.41 Å². The molecule has 0 spiro atoms. The van der Waals surface area contributed by atoms with Crippen molar-refractivity contribution < 1.29 is 0 Å². The van der Waals surface area contributed by atoms with Crippen LogP contribution in [0.3, 0.4) is 0 Å². The van der Waals surface area contributed by atoms with Crippen molar-refractivity contribution in [2.24, 2.45) is 5.92 Å². The molecule has 1 atom stereocenters. The molecule has 22 heavy (non-hydrogen) atoms. The second-order valence-corrected chi connectivity index (χ2v) is 7.16. The molecule has 0 aromatic heterocycles. The van der Waals surface area contributed by atoms with Gasteiger partial charge in [-0.15, -0.1) is 0 Å². The van der Waals surface area contributed by atoms with Gasteiger partial charge in [0.05, 0.1) is 11.5 Å². The van der Waals surface area contributed by atoms with Gasteiger partial charge in [-0.05, 0) is 51.4 Å². The number of hydrogen-bond donors (Lipinski definition) is 0. The van der Waals surface area contributed by atoms with E-state index in [1.165, 1.54) is 44.1 Å². The molecule has 2 rings (SSSR count).